The Balaban J connectivity index is 2.13. The van der Waals surface area contributed by atoms with Crippen molar-refractivity contribution < 1.29 is 4.74 Å². The fourth-order valence-electron chi connectivity index (χ4n) is 2.03. The van der Waals surface area contributed by atoms with Crippen molar-refractivity contribution in [3.63, 3.8) is 0 Å². The van der Waals surface area contributed by atoms with Crippen LogP contribution in [0.15, 0.2) is 18.2 Å². The summed E-state index contributed by atoms with van der Waals surface area (Å²) in [5, 5.41) is 6.89. The van der Waals surface area contributed by atoms with Gasteiger partial charge in [0.2, 0.25) is 0 Å². The minimum atomic E-state index is 0.552. The zero-order valence-corrected chi connectivity index (χ0v) is 9.34. The van der Waals surface area contributed by atoms with Gasteiger partial charge in [-0.3, -0.25) is 0 Å². The van der Waals surface area contributed by atoms with Gasteiger partial charge in [-0.05, 0) is 24.6 Å². The summed E-state index contributed by atoms with van der Waals surface area (Å²) in [5.74, 6) is 0.920. The Hall–Kier alpha value is -1.22. The smallest absolute Gasteiger partial charge is 0.120 e. The highest BCUT2D eigenvalue weighted by molar-refractivity contribution is 5.57. The van der Waals surface area contributed by atoms with Gasteiger partial charge in [-0.1, -0.05) is 13.0 Å². The fraction of sp³-hybridized carbons (Fsp3) is 0.500. The lowest BCUT2D eigenvalue weighted by atomic mass is 9.99. The molecule has 0 fully saturated rings. The number of rotatable bonds is 3. The standard InChI is InChI=1S/C12H18N2O/c1-3-13-10-6-9-4-5-11(15-2)7-12(9)14-8-10/h4-5,7,10,13-14H,3,6,8H2,1-2H3. The predicted molar refractivity (Wildman–Crippen MR) is 62.7 cm³/mol. The number of benzene rings is 1. The van der Waals surface area contributed by atoms with E-state index in [0.717, 1.165) is 25.3 Å². The molecule has 0 saturated heterocycles. The first-order chi connectivity index (χ1) is 7.33. The number of nitrogens with one attached hydrogen (secondary N) is 2. The van der Waals surface area contributed by atoms with Crippen molar-refractivity contribution in [2.45, 2.75) is 19.4 Å². The maximum Gasteiger partial charge on any atom is 0.120 e. The van der Waals surface area contributed by atoms with Gasteiger partial charge in [-0.25, -0.2) is 0 Å². The molecule has 0 bridgehead atoms. The third-order valence-corrected chi connectivity index (χ3v) is 2.82. The Morgan fingerprint density at radius 1 is 1.53 bits per heavy atom. The van der Waals surface area contributed by atoms with E-state index < -0.39 is 0 Å². The molecule has 0 radical (unpaired) electrons. The highest BCUT2D eigenvalue weighted by atomic mass is 16.5. The van der Waals surface area contributed by atoms with E-state index in [-0.39, 0.29) is 0 Å². The van der Waals surface area contributed by atoms with Gasteiger partial charge in [-0.2, -0.15) is 0 Å². The first-order valence-electron chi connectivity index (χ1n) is 5.47. The van der Waals surface area contributed by atoms with E-state index in [0.29, 0.717) is 6.04 Å². The zero-order chi connectivity index (χ0) is 10.7. The molecule has 3 nitrogen and oxygen atoms in total. The van der Waals surface area contributed by atoms with Crippen molar-refractivity contribution in [3.05, 3.63) is 23.8 Å². The first-order valence-corrected chi connectivity index (χ1v) is 5.47. The molecule has 0 amide bonds. The molecule has 82 valence electrons. The third-order valence-electron chi connectivity index (χ3n) is 2.82. The summed E-state index contributed by atoms with van der Waals surface area (Å²) in [7, 11) is 1.70. The minimum absolute atomic E-state index is 0.552. The Labute approximate surface area is 90.8 Å². The normalized spacial score (nSPS) is 19.2. The molecule has 0 aliphatic carbocycles. The molecule has 1 unspecified atom stereocenters. The maximum atomic E-state index is 5.20. The van der Waals surface area contributed by atoms with Gasteiger partial charge < -0.3 is 15.4 Å². The molecule has 1 aromatic rings. The van der Waals surface area contributed by atoms with Crippen LogP contribution in [0.4, 0.5) is 5.69 Å². The van der Waals surface area contributed by atoms with Crippen molar-refractivity contribution in [3.8, 4) is 5.75 Å². The zero-order valence-electron chi connectivity index (χ0n) is 9.34. The molecule has 0 saturated carbocycles. The molecule has 1 aromatic carbocycles. The van der Waals surface area contributed by atoms with Crippen LogP contribution in [-0.4, -0.2) is 26.2 Å². The van der Waals surface area contributed by atoms with Crippen LogP contribution in [0.25, 0.3) is 0 Å². The number of likely N-dealkylation sites (N-methyl/N-ethyl adjacent to an activating group) is 1. The number of hydrogen-bond donors (Lipinski definition) is 2. The van der Waals surface area contributed by atoms with Gasteiger partial charge in [0.1, 0.15) is 5.75 Å². The molecule has 0 spiro atoms. The first kappa shape index (κ1) is 10.3. The second-order valence-corrected chi connectivity index (χ2v) is 3.86. The summed E-state index contributed by atoms with van der Waals surface area (Å²) in [4.78, 5) is 0. The van der Waals surface area contributed by atoms with Crippen molar-refractivity contribution in [2.24, 2.45) is 0 Å². The molecule has 2 N–H and O–H groups in total. The quantitative estimate of drug-likeness (QED) is 0.789. The second-order valence-electron chi connectivity index (χ2n) is 3.86. The summed E-state index contributed by atoms with van der Waals surface area (Å²) >= 11 is 0. The Morgan fingerprint density at radius 3 is 3.13 bits per heavy atom. The van der Waals surface area contributed by atoms with E-state index in [1.54, 1.807) is 7.11 Å². The van der Waals surface area contributed by atoms with Crippen LogP contribution in [0.1, 0.15) is 12.5 Å². The van der Waals surface area contributed by atoms with Gasteiger partial charge >= 0.3 is 0 Å². The Bertz CT molecular complexity index is 338. The molecule has 15 heavy (non-hydrogen) atoms. The van der Waals surface area contributed by atoms with Crippen LogP contribution in [0, 0.1) is 0 Å². The Morgan fingerprint density at radius 2 is 2.40 bits per heavy atom. The topological polar surface area (TPSA) is 33.3 Å². The van der Waals surface area contributed by atoms with Crippen molar-refractivity contribution in [1.82, 2.24) is 5.32 Å². The largest absolute Gasteiger partial charge is 0.497 e. The maximum absolute atomic E-state index is 5.20. The van der Waals surface area contributed by atoms with Gasteiger partial charge in [0, 0.05) is 24.3 Å². The molecular formula is C12H18N2O. The average molecular weight is 206 g/mol. The summed E-state index contributed by atoms with van der Waals surface area (Å²) < 4.78 is 5.20. The lowest BCUT2D eigenvalue weighted by Gasteiger charge is -2.27. The summed E-state index contributed by atoms with van der Waals surface area (Å²) in [6, 6.07) is 6.78. The summed E-state index contributed by atoms with van der Waals surface area (Å²) in [5.41, 5.74) is 2.58. The number of ether oxygens (including phenoxy) is 1. The molecule has 1 aliphatic rings. The monoisotopic (exact) mass is 206 g/mol. The van der Waals surface area contributed by atoms with E-state index in [1.807, 2.05) is 6.07 Å². The van der Waals surface area contributed by atoms with E-state index >= 15 is 0 Å². The van der Waals surface area contributed by atoms with Crippen LogP contribution in [0.5, 0.6) is 5.75 Å². The van der Waals surface area contributed by atoms with E-state index in [2.05, 4.69) is 29.7 Å². The van der Waals surface area contributed by atoms with Crippen LogP contribution < -0.4 is 15.4 Å². The predicted octanol–water partition coefficient (Wildman–Crippen LogP) is 1.64. The number of hydrogen-bond acceptors (Lipinski definition) is 3. The molecule has 3 heteroatoms. The third kappa shape index (κ3) is 2.23. The molecule has 1 atom stereocenters. The number of anilines is 1. The van der Waals surface area contributed by atoms with Crippen molar-refractivity contribution in [1.29, 1.82) is 0 Å². The summed E-state index contributed by atoms with van der Waals surface area (Å²) in [6.07, 6.45) is 1.10. The Kier molecular flexibility index (Phi) is 3.11. The lowest BCUT2D eigenvalue weighted by molar-refractivity contribution is 0.414. The minimum Gasteiger partial charge on any atom is -0.497 e. The average Bonchev–Trinajstić information content (AvgIpc) is 2.29. The molecule has 1 aliphatic heterocycles. The lowest BCUT2D eigenvalue weighted by Crippen LogP contribution is -2.40. The number of fused-ring (bicyclic) bond motifs is 1. The van der Waals surface area contributed by atoms with Gasteiger partial charge in [-0.15, -0.1) is 0 Å². The van der Waals surface area contributed by atoms with Crippen LogP contribution >= 0.6 is 0 Å². The SMILES string of the molecule is CCNC1CNc2cc(OC)ccc2C1. The van der Waals surface area contributed by atoms with Gasteiger partial charge in [0.05, 0.1) is 7.11 Å². The van der Waals surface area contributed by atoms with E-state index in [9.17, 15) is 0 Å². The molecular weight excluding hydrogens is 188 g/mol. The molecule has 2 rings (SSSR count). The second kappa shape index (κ2) is 4.53. The van der Waals surface area contributed by atoms with Crippen molar-refractivity contribution >= 4 is 5.69 Å². The fourth-order valence-corrected chi connectivity index (χ4v) is 2.03. The highest BCUT2D eigenvalue weighted by Crippen LogP contribution is 2.26. The highest BCUT2D eigenvalue weighted by Gasteiger charge is 2.17. The van der Waals surface area contributed by atoms with Crippen LogP contribution in [-0.2, 0) is 6.42 Å². The van der Waals surface area contributed by atoms with Crippen molar-refractivity contribution in [2.75, 3.05) is 25.5 Å². The van der Waals surface area contributed by atoms with E-state index in [1.165, 1.54) is 11.3 Å². The van der Waals surface area contributed by atoms with Crippen LogP contribution in [0.2, 0.25) is 0 Å². The molecule has 1 heterocycles. The van der Waals surface area contributed by atoms with Gasteiger partial charge in [0.25, 0.3) is 0 Å². The molecule has 0 aromatic heterocycles. The van der Waals surface area contributed by atoms with Gasteiger partial charge in [0.15, 0.2) is 0 Å². The summed E-state index contributed by atoms with van der Waals surface area (Å²) in [6.45, 7) is 4.16. The number of methoxy groups -OCH3 is 1. The van der Waals surface area contributed by atoms with Crippen LogP contribution in [0.3, 0.4) is 0 Å². The van der Waals surface area contributed by atoms with E-state index in [4.69, 9.17) is 4.74 Å².